The third-order valence-electron chi connectivity index (χ3n) is 3.82. The maximum Gasteiger partial charge on any atom is 0.253 e. The fourth-order valence-corrected chi connectivity index (χ4v) is 2.62. The van der Waals surface area contributed by atoms with Crippen LogP contribution in [0, 0.1) is 0 Å². The van der Waals surface area contributed by atoms with E-state index in [0.717, 1.165) is 25.9 Å². The van der Waals surface area contributed by atoms with Crippen molar-refractivity contribution < 1.29 is 9.59 Å². The second-order valence-corrected chi connectivity index (χ2v) is 5.27. The van der Waals surface area contributed by atoms with E-state index in [1.165, 1.54) is 0 Å². The molecule has 3 heteroatoms. The summed E-state index contributed by atoms with van der Waals surface area (Å²) in [6.45, 7) is 1.67. The number of hydrogen-bond donors (Lipinski definition) is 0. The van der Waals surface area contributed by atoms with Crippen LogP contribution in [-0.2, 0) is 0 Å². The number of ketones is 1. The molecule has 0 aromatic heterocycles. The summed E-state index contributed by atoms with van der Waals surface area (Å²) in [5, 5.41) is 0. The normalized spacial score (nSPS) is 14.2. The van der Waals surface area contributed by atoms with Crippen molar-refractivity contribution in [1.82, 2.24) is 4.90 Å². The summed E-state index contributed by atoms with van der Waals surface area (Å²) in [4.78, 5) is 26.4. The van der Waals surface area contributed by atoms with Crippen molar-refractivity contribution in [2.45, 2.75) is 12.8 Å². The summed E-state index contributed by atoms with van der Waals surface area (Å²) in [5.74, 6) is 0.0435. The van der Waals surface area contributed by atoms with Crippen LogP contribution in [0.3, 0.4) is 0 Å². The lowest BCUT2D eigenvalue weighted by Crippen LogP contribution is -2.27. The molecule has 0 radical (unpaired) electrons. The fourth-order valence-electron chi connectivity index (χ4n) is 2.62. The summed E-state index contributed by atoms with van der Waals surface area (Å²) in [7, 11) is 0. The molecule has 21 heavy (non-hydrogen) atoms. The van der Waals surface area contributed by atoms with Crippen LogP contribution in [-0.4, -0.2) is 29.7 Å². The van der Waals surface area contributed by atoms with Gasteiger partial charge in [-0.3, -0.25) is 9.59 Å². The minimum atomic E-state index is -0.0178. The van der Waals surface area contributed by atoms with Crippen molar-refractivity contribution in [2.24, 2.45) is 0 Å². The standard InChI is InChI=1S/C18H17NO2/c20-17(14-6-2-1-3-7-14)15-8-10-16(11-9-15)18(21)19-12-4-5-13-19/h1-3,6-11H,4-5,12-13H2. The lowest BCUT2D eigenvalue weighted by molar-refractivity contribution is 0.0792. The van der Waals surface area contributed by atoms with Crippen LogP contribution < -0.4 is 0 Å². The number of nitrogens with zero attached hydrogens (tertiary/aromatic N) is 1. The van der Waals surface area contributed by atoms with Gasteiger partial charge in [-0.2, -0.15) is 0 Å². The Hall–Kier alpha value is -2.42. The molecule has 0 unspecified atom stereocenters. The van der Waals surface area contributed by atoms with E-state index in [1.807, 2.05) is 23.1 Å². The molecule has 1 aliphatic heterocycles. The average Bonchev–Trinajstić information content (AvgIpc) is 3.09. The Kier molecular flexibility index (Phi) is 3.82. The molecule has 0 atom stereocenters. The summed E-state index contributed by atoms with van der Waals surface area (Å²) >= 11 is 0. The number of likely N-dealkylation sites (tertiary alicyclic amines) is 1. The quantitative estimate of drug-likeness (QED) is 0.809. The Morgan fingerprint density at radius 2 is 1.24 bits per heavy atom. The Bertz CT molecular complexity index is 641. The monoisotopic (exact) mass is 279 g/mol. The van der Waals surface area contributed by atoms with Crippen LogP contribution in [0.25, 0.3) is 0 Å². The zero-order valence-corrected chi connectivity index (χ0v) is 11.8. The highest BCUT2D eigenvalue weighted by atomic mass is 16.2. The zero-order valence-electron chi connectivity index (χ0n) is 11.8. The van der Waals surface area contributed by atoms with E-state index in [2.05, 4.69) is 0 Å². The predicted octanol–water partition coefficient (Wildman–Crippen LogP) is 3.15. The van der Waals surface area contributed by atoms with E-state index in [0.29, 0.717) is 16.7 Å². The number of rotatable bonds is 3. The van der Waals surface area contributed by atoms with Gasteiger partial charge >= 0.3 is 0 Å². The third kappa shape index (κ3) is 2.87. The van der Waals surface area contributed by atoms with Crippen LogP contribution >= 0.6 is 0 Å². The van der Waals surface area contributed by atoms with Crippen LogP contribution in [0.15, 0.2) is 54.6 Å². The highest BCUT2D eigenvalue weighted by Crippen LogP contribution is 2.15. The van der Waals surface area contributed by atoms with E-state index >= 15 is 0 Å². The van der Waals surface area contributed by atoms with E-state index in [-0.39, 0.29) is 11.7 Å². The Balaban J connectivity index is 1.78. The molecule has 1 fully saturated rings. The van der Waals surface area contributed by atoms with E-state index in [9.17, 15) is 9.59 Å². The van der Waals surface area contributed by atoms with Crippen molar-refractivity contribution in [2.75, 3.05) is 13.1 Å². The molecule has 3 nitrogen and oxygen atoms in total. The number of carbonyl (C=O) groups is 2. The van der Waals surface area contributed by atoms with Gasteiger partial charge in [0.15, 0.2) is 5.78 Å². The van der Waals surface area contributed by atoms with Gasteiger partial charge < -0.3 is 4.90 Å². The summed E-state index contributed by atoms with van der Waals surface area (Å²) in [5.41, 5.74) is 1.93. The summed E-state index contributed by atoms with van der Waals surface area (Å²) in [6, 6.07) is 16.1. The molecule has 2 aromatic carbocycles. The van der Waals surface area contributed by atoms with Gasteiger partial charge in [-0.25, -0.2) is 0 Å². The smallest absolute Gasteiger partial charge is 0.253 e. The first-order valence-electron chi connectivity index (χ1n) is 7.25. The highest BCUT2D eigenvalue weighted by molar-refractivity contribution is 6.09. The second-order valence-electron chi connectivity index (χ2n) is 5.27. The van der Waals surface area contributed by atoms with Crippen molar-refractivity contribution in [3.05, 3.63) is 71.3 Å². The van der Waals surface area contributed by atoms with E-state index in [1.54, 1.807) is 36.4 Å². The Labute approximate surface area is 124 Å². The predicted molar refractivity (Wildman–Crippen MR) is 81.5 cm³/mol. The lowest BCUT2D eigenvalue weighted by Gasteiger charge is -2.15. The molecule has 2 aromatic rings. The molecule has 0 aliphatic carbocycles. The van der Waals surface area contributed by atoms with E-state index < -0.39 is 0 Å². The van der Waals surface area contributed by atoms with Gasteiger partial charge in [0.25, 0.3) is 5.91 Å². The molecule has 0 spiro atoms. The Morgan fingerprint density at radius 3 is 1.86 bits per heavy atom. The third-order valence-corrected chi connectivity index (χ3v) is 3.82. The molecule has 0 bridgehead atoms. The lowest BCUT2D eigenvalue weighted by atomic mass is 10.0. The highest BCUT2D eigenvalue weighted by Gasteiger charge is 2.19. The largest absolute Gasteiger partial charge is 0.339 e. The van der Waals surface area contributed by atoms with Crippen molar-refractivity contribution in [3.8, 4) is 0 Å². The molecule has 0 saturated carbocycles. The van der Waals surface area contributed by atoms with Gasteiger partial charge in [0.1, 0.15) is 0 Å². The van der Waals surface area contributed by atoms with E-state index in [4.69, 9.17) is 0 Å². The van der Waals surface area contributed by atoms with Crippen molar-refractivity contribution >= 4 is 11.7 Å². The first-order chi connectivity index (χ1) is 10.3. The second kappa shape index (κ2) is 5.92. The molecule has 1 amide bonds. The van der Waals surface area contributed by atoms with Crippen LogP contribution in [0.1, 0.15) is 39.1 Å². The van der Waals surface area contributed by atoms with Gasteiger partial charge in [0.05, 0.1) is 0 Å². The minimum absolute atomic E-state index is 0.0178. The van der Waals surface area contributed by atoms with Crippen molar-refractivity contribution in [3.63, 3.8) is 0 Å². The number of amides is 1. The fraction of sp³-hybridized carbons (Fsp3) is 0.222. The number of carbonyl (C=O) groups excluding carboxylic acids is 2. The van der Waals surface area contributed by atoms with Gasteiger partial charge in [-0.15, -0.1) is 0 Å². The molecule has 1 heterocycles. The minimum Gasteiger partial charge on any atom is -0.339 e. The van der Waals surface area contributed by atoms with Crippen molar-refractivity contribution in [1.29, 1.82) is 0 Å². The summed E-state index contributed by atoms with van der Waals surface area (Å²) in [6.07, 6.45) is 2.16. The van der Waals surface area contributed by atoms with Gasteiger partial charge in [-0.1, -0.05) is 42.5 Å². The Morgan fingerprint density at radius 1 is 0.714 bits per heavy atom. The molecule has 106 valence electrons. The maximum atomic E-state index is 12.3. The van der Waals surface area contributed by atoms with Crippen LogP contribution in [0.5, 0.6) is 0 Å². The molecular weight excluding hydrogens is 262 g/mol. The maximum absolute atomic E-state index is 12.3. The zero-order chi connectivity index (χ0) is 14.7. The SMILES string of the molecule is O=C(c1ccccc1)c1ccc(C(=O)N2CCCC2)cc1. The molecule has 0 N–H and O–H groups in total. The molecule has 3 rings (SSSR count). The molecule has 1 saturated heterocycles. The number of hydrogen-bond acceptors (Lipinski definition) is 2. The summed E-state index contributed by atoms with van der Waals surface area (Å²) < 4.78 is 0. The van der Waals surface area contributed by atoms with Gasteiger partial charge in [-0.05, 0) is 25.0 Å². The van der Waals surface area contributed by atoms with Crippen LogP contribution in [0.2, 0.25) is 0 Å². The average molecular weight is 279 g/mol. The van der Waals surface area contributed by atoms with Crippen LogP contribution in [0.4, 0.5) is 0 Å². The van der Waals surface area contributed by atoms with Gasteiger partial charge in [0, 0.05) is 29.8 Å². The first-order valence-corrected chi connectivity index (χ1v) is 7.25. The molecular formula is C18H17NO2. The topological polar surface area (TPSA) is 37.4 Å². The van der Waals surface area contributed by atoms with Gasteiger partial charge in [0.2, 0.25) is 0 Å². The first kappa shape index (κ1) is 13.6. The molecule has 1 aliphatic rings. The number of benzene rings is 2.